The molecule has 88 valence electrons. The lowest BCUT2D eigenvalue weighted by Gasteiger charge is -2.23. The Hall–Kier alpha value is -1.29. The summed E-state index contributed by atoms with van der Waals surface area (Å²) in [6.45, 7) is 9.73. The maximum absolute atomic E-state index is 5.79. The van der Waals surface area contributed by atoms with Crippen LogP contribution < -0.4 is 5.32 Å². The summed E-state index contributed by atoms with van der Waals surface area (Å²) in [4.78, 5) is 0. The molecule has 1 aromatic heterocycles. The van der Waals surface area contributed by atoms with Crippen LogP contribution in [-0.4, -0.2) is 22.8 Å². The molecule has 0 unspecified atom stereocenters. The summed E-state index contributed by atoms with van der Waals surface area (Å²) in [5, 5.41) is 10.9. The van der Waals surface area contributed by atoms with E-state index in [0.717, 1.165) is 5.56 Å². The molecule has 0 aromatic carbocycles. The standard InChI is InChI=1S/C11H16ClN3O/c1-7(16-11(2,3)4)8-6-9(12)14-15-10(8)13-5/h6H,1H2,2-5H3,(H,13,15). The molecule has 1 rings (SSSR count). The van der Waals surface area contributed by atoms with Gasteiger partial charge in [0.15, 0.2) is 11.0 Å². The van der Waals surface area contributed by atoms with Crippen LogP contribution >= 0.6 is 11.6 Å². The first-order chi connectivity index (χ1) is 7.33. The monoisotopic (exact) mass is 241 g/mol. The Kier molecular flexibility index (Phi) is 3.75. The summed E-state index contributed by atoms with van der Waals surface area (Å²) in [7, 11) is 1.76. The van der Waals surface area contributed by atoms with Gasteiger partial charge in [-0.25, -0.2) is 0 Å². The quantitative estimate of drug-likeness (QED) is 0.827. The lowest BCUT2D eigenvalue weighted by molar-refractivity contribution is 0.0976. The second kappa shape index (κ2) is 4.70. The molecule has 5 heteroatoms. The van der Waals surface area contributed by atoms with Crippen LogP contribution in [0.15, 0.2) is 12.6 Å². The molecular weight excluding hydrogens is 226 g/mol. The zero-order chi connectivity index (χ0) is 12.3. The highest BCUT2D eigenvalue weighted by atomic mass is 35.5. The van der Waals surface area contributed by atoms with Gasteiger partial charge in [-0.05, 0) is 26.8 Å². The molecule has 16 heavy (non-hydrogen) atoms. The fourth-order valence-electron chi connectivity index (χ4n) is 1.19. The van der Waals surface area contributed by atoms with Crippen molar-refractivity contribution in [3.8, 4) is 0 Å². The van der Waals surface area contributed by atoms with E-state index >= 15 is 0 Å². The van der Waals surface area contributed by atoms with E-state index in [2.05, 4.69) is 22.1 Å². The van der Waals surface area contributed by atoms with E-state index in [1.807, 2.05) is 20.8 Å². The maximum Gasteiger partial charge on any atom is 0.159 e. The number of hydrogen-bond donors (Lipinski definition) is 1. The van der Waals surface area contributed by atoms with Crippen molar-refractivity contribution in [2.75, 3.05) is 12.4 Å². The summed E-state index contributed by atoms with van der Waals surface area (Å²) in [6, 6.07) is 1.68. The van der Waals surface area contributed by atoms with Gasteiger partial charge in [-0.1, -0.05) is 18.2 Å². The van der Waals surface area contributed by atoms with Gasteiger partial charge < -0.3 is 10.1 Å². The van der Waals surface area contributed by atoms with Gasteiger partial charge in [-0.15, -0.1) is 10.2 Å². The third kappa shape index (κ3) is 3.38. The molecule has 1 aromatic rings. The van der Waals surface area contributed by atoms with Crippen molar-refractivity contribution < 1.29 is 4.74 Å². The second-order valence-electron chi connectivity index (χ2n) is 4.32. The second-order valence-corrected chi connectivity index (χ2v) is 4.70. The molecule has 0 aliphatic heterocycles. The summed E-state index contributed by atoms with van der Waals surface area (Å²) < 4.78 is 5.66. The molecule has 4 nitrogen and oxygen atoms in total. The Morgan fingerprint density at radius 2 is 2.06 bits per heavy atom. The van der Waals surface area contributed by atoms with E-state index in [1.54, 1.807) is 13.1 Å². The van der Waals surface area contributed by atoms with Gasteiger partial charge in [0.25, 0.3) is 0 Å². The zero-order valence-electron chi connectivity index (χ0n) is 9.97. The molecule has 0 bridgehead atoms. The maximum atomic E-state index is 5.79. The molecule has 0 aliphatic rings. The molecule has 0 saturated carbocycles. The van der Waals surface area contributed by atoms with Crippen molar-refractivity contribution in [1.29, 1.82) is 0 Å². The van der Waals surface area contributed by atoms with Crippen LogP contribution in [0.1, 0.15) is 26.3 Å². The van der Waals surface area contributed by atoms with Gasteiger partial charge in [-0.2, -0.15) is 0 Å². The summed E-state index contributed by atoms with van der Waals surface area (Å²) in [5.74, 6) is 1.12. The Balaban J connectivity index is 3.02. The predicted molar refractivity (Wildman–Crippen MR) is 66.5 cm³/mol. The average molecular weight is 242 g/mol. The number of aromatic nitrogens is 2. The summed E-state index contributed by atoms with van der Waals surface area (Å²) in [6.07, 6.45) is 0. The fourth-order valence-corrected chi connectivity index (χ4v) is 1.34. The molecule has 1 N–H and O–H groups in total. The van der Waals surface area contributed by atoms with E-state index in [-0.39, 0.29) is 5.60 Å². The minimum Gasteiger partial charge on any atom is -0.488 e. The predicted octanol–water partition coefficient (Wildman–Crippen LogP) is 2.96. The van der Waals surface area contributed by atoms with Crippen LogP contribution in [0.2, 0.25) is 5.15 Å². The van der Waals surface area contributed by atoms with Gasteiger partial charge >= 0.3 is 0 Å². The first-order valence-corrected chi connectivity index (χ1v) is 5.30. The van der Waals surface area contributed by atoms with Gasteiger partial charge in [-0.3, -0.25) is 0 Å². The molecular formula is C11H16ClN3O. The van der Waals surface area contributed by atoms with Crippen LogP contribution in [0.25, 0.3) is 5.76 Å². The van der Waals surface area contributed by atoms with Crippen molar-refractivity contribution >= 4 is 23.2 Å². The van der Waals surface area contributed by atoms with Crippen LogP contribution in [0.5, 0.6) is 0 Å². The first kappa shape index (κ1) is 12.8. The minimum atomic E-state index is -0.308. The van der Waals surface area contributed by atoms with Crippen LogP contribution in [0.3, 0.4) is 0 Å². The van der Waals surface area contributed by atoms with Gasteiger partial charge in [0, 0.05) is 7.05 Å². The van der Waals surface area contributed by atoms with Crippen molar-refractivity contribution in [3.63, 3.8) is 0 Å². The Morgan fingerprint density at radius 1 is 1.44 bits per heavy atom. The smallest absolute Gasteiger partial charge is 0.159 e. The summed E-state index contributed by atoms with van der Waals surface area (Å²) >= 11 is 5.79. The lowest BCUT2D eigenvalue weighted by Crippen LogP contribution is -2.18. The number of halogens is 1. The van der Waals surface area contributed by atoms with Crippen LogP contribution in [0.4, 0.5) is 5.82 Å². The van der Waals surface area contributed by atoms with Gasteiger partial charge in [0.1, 0.15) is 11.4 Å². The fraction of sp³-hybridized carbons (Fsp3) is 0.455. The van der Waals surface area contributed by atoms with Crippen molar-refractivity contribution in [2.24, 2.45) is 0 Å². The highest BCUT2D eigenvalue weighted by Crippen LogP contribution is 2.26. The van der Waals surface area contributed by atoms with Gasteiger partial charge in [0.05, 0.1) is 5.56 Å². The average Bonchev–Trinajstić information content (AvgIpc) is 2.15. The zero-order valence-corrected chi connectivity index (χ0v) is 10.7. The molecule has 0 spiro atoms. The topological polar surface area (TPSA) is 47.0 Å². The lowest BCUT2D eigenvalue weighted by atomic mass is 10.1. The number of anilines is 1. The normalized spacial score (nSPS) is 11.1. The molecule has 0 saturated heterocycles. The Bertz CT molecular complexity index is 399. The van der Waals surface area contributed by atoms with Crippen LogP contribution in [0, 0.1) is 0 Å². The van der Waals surface area contributed by atoms with E-state index in [1.165, 1.54) is 0 Å². The van der Waals surface area contributed by atoms with E-state index in [0.29, 0.717) is 16.7 Å². The SMILES string of the molecule is C=C(OC(C)(C)C)c1cc(Cl)nnc1NC. The highest BCUT2D eigenvalue weighted by Gasteiger charge is 2.16. The van der Waals surface area contributed by atoms with E-state index in [9.17, 15) is 0 Å². The number of nitrogens with one attached hydrogen (secondary N) is 1. The third-order valence-corrected chi connectivity index (χ3v) is 1.92. The molecule has 0 aliphatic carbocycles. The molecule has 1 heterocycles. The number of nitrogens with zero attached hydrogens (tertiary/aromatic N) is 2. The molecule has 0 atom stereocenters. The number of hydrogen-bond acceptors (Lipinski definition) is 4. The molecule has 0 radical (unpaired) electrons. The van der Waals surface area contributed by atoms with Crippen molar-refractivity contribution in [1.82, 2.24) is 10.2 Å². The largest absolute Gasteiger partial charge is 0.488 e. The molecule has 0 amide bonds. The number of rotatable bonds is 3. The van der Waals surface area contributed by atoms with E-state index in [4.69, 9.17) is 16.3 Å². The van der Waals surface area contributed by atoms with Crippen LogP contribution in [-0.2, 0) is 4.74 Å². The Morgan fingerprint density at radius 3 is 2.56 bits per heavy atom. The van der Waals surface area contributed by atoms with E-state index < -0.39 is 0 Å². The number of ether oxygens (including phenoxy) is 1. The third-order valence-electron chi connectivity index (χ3n) is 1.73. The molecule has 0 fully saturated rings. The van der Waals surface area contributed by atoms with Crippen molar-refractivity contribution in [2.45, 2.75) is 26.4 Å². The summed E-state index contributed by atoms with van der Waals surface area (Å²) in [5.41, 5.74) is 0.412. The van der Waals surface area contributed by atoms with Gasteiger partial charge in [0.2, 0.25) is 0 Å². The first-order valence-electron chi connectivity index (χ1n) is 4.93. The Labute approximate surface area is 101 Å². The van der Waals surface area contributed by atoms with Crippen molar-refractivity contribution in [3.05, 3.63) is 23.4 Å². The highest BCUT2D eigenvalue weighted by molar-refractivity contribution is 6.29. The minimum absolute atomic E-state index is 0.308.